The molecule has 0 amide bonds. The molecule has 0 aliphatic heterocycles. The van der Waals surface area contributed by atoms with E-state index in [4.69, 9.17) is 0 Å². The lowest BCUT2D eigenvalue weighted by Crippen LogP contribution is -2.01. The summed E-state index contributed by atoms with van der Waals surface area (Å²) in [5, 5.41) is 20.7. The Morgan fingerprint density at radius 2 is 1.13 bits per heavy atom. The molecule has 2 N–H and O–H groups in total. The van der Waals surface area contributed by atoms with Gasteiger partial charge in [-0.05, 0) is 48.9 Å². The summed E-state index contributed by atoms with van der Waals surface area (Å²) in [5.74, 6) is 0.673. The molecule has 0 aromatic heterocycles. The summed E-state index contributed by atoms with van der Waals surface area (Å²) in [4.78, 5) is 0. The molecule has 0 unspecified atom stereocenters. The van der Waals surface area contributed by atoms with Crippen LogP contribution in [0.4, 0.5) is 0 Å². The molecule has 0 bridgehead atoms. The lowest BCUT2D eigenvalue weighted by Gasteiger charge is -2.15. The van der Waals surface area contributed by atoms with Crippen LogP contribution in [0.1, 0.15) is 61.8 Å². The minimum Gasteiger partial charge on any atom is -0.508 e. The van der Waals surface area contributed by atoms with E-state index in [0.717, 1.165) is 49.7 Å². The Labute approximate surface area is 139 Å². The number of phenolic OH excluding ortho intramolecular Hbond substituents is 2. The van der Waals surface area contributed by atoms with Crippen LogP contribution in [0.15, 0.2) is 36.4 Å². The van der Waals surface area contributed by atoms with Crippen LogP contribution in [-0.2, 0) is 19.3 Å². The van der Waals surface area contributed by atoms with Crippen LogP contribution in [0.25, 0.3) is 0 Å². The molecule has 124 valence electrons. The maximum absolute atomic E-state index is 10.3. The number of hydrogen-bond donors (Lipinski definition) is 2. The first-order chi connectivity index (χ1) is 11.2. The summed E-state index contributed by atoms with van der Waals surface area (Å²) in [5.41, 5.74) is 4.30. The van der Waals surface area contributed by atoms with Gasteiger partial charge in [-0.2, -0.15) is 0 Å². The Bertz CT molecular complexity index is 576. The van der Waals surface area contributed by atoms with Gasteiger partial charge in [0.05, 0.1) is 0 Å². The Hall–Kier alpha value is -1.96. The lowest BCUT2D eigenvalue weighted by molar-refractivity contribution is 0.461. The highest BCUT2D eigenvalue weighted by Gasteiger charge is 2.14. The quantitative estimate of drug-likeness (QED) is 0.687. The topological polar surface area (TPSA) is 40.5 Å². The van der Waals surface area contributed by atoms with Crippen molar-refractivity contribution >= 4 is 0 Å². The number of unbranched alkanes of at least 4 members (excludes halogenated alkanes) is 2. The molecule has 2 nitrogen and oxygen atoms in total. The number of aromatic hydroxyl groups is 2. The largest absolute Gasteiger partial charge is 0.508 e. The van der Waals surface area contributed by atoms with E-state index in [-0.39, 0.29) is 0 Å². The van der Waals surface area contributed by atoms with Gasteiger partial charge in [0.25, 0.3) is 0 Å². The molecule has 0 aliphatic rings. The Kier molecular flexibility index (Phi) is 6.52. The summed E-state index contributed by atoms with van der Waals surface area (Å²) >= 11 is 0. The molecule has 2 aromatic rings. The van der Waals surface area contributed by atoms with Gasteiger partial charge >= 0.3 is 0 Å². The molecule has 0 radical (unpaired) electrons. The molecule has 0 aliphatic carbocycles. The number of phenols is 2. The summed E-state index contributed by atoms with van der Waals surface area (Å²) in [7, 11) is 0. The van der Waals surface area contributed by atoms with E-state index in [1.165, 1.54) is 11.1 Å². The fourth-order valence-electron chi connectivity index (χ4n) is 3.03. The second-order valence-corrected chi connectivity index (χ2v) is 6.21. The zero-order chi connectivity index (χ0) is 16.7. The normalized spacial score (nSPS) is 10.9. The molecule has 2 rings (SSSR count). The van der Waals surface area contributed by atoms with Crippen molar-refractivity contribution in [1.82, 2.24) is 0 Å². The van der Waals surface area contributed by atoms with Gasteiger partial charge in [-0.15, -0.1) is 0 Å². The van der Waals surface area contributed by atoms with Gasteiger partial charge in [0.15, 0.2) is 0 Å². The van der Waals surface area contributed by atoms with E-state index in [9.17, 15) is 10.2 Å². The molecule has 2 aromatic carbocycles. The molecule has 0 fully saturated rings. The third-order valence-corrected chi connectivity index (χ3v) is 4.45. The van der Waals surface area contributed by atoms with Crippen molar-refractivity contribution in [3.8, 4) is 11.5 Å². The summed E-state index contributed by atoms with van der Waals surface area (Å²) < 4.78 is 0. The van der Waals surface area contributed by atoms with E-state index in [0.29, 0.717) is 17.9 Å². The van der Waals surface area contributed by atoms with Crippen LogP contribution < -0.4 is 0 Å². The molecule has 0 atom stereocenters. The molecular formula is C21H28O2. The van der Waals surface area contributed by atoms with Crippen molar-refractivity contribution in [3.05, 3.63) is 58.7 Å². The Morgan fingerprint density at radius 3 is 1.52 bits per heavy atom. The first-order valence-corrected chi connectivity index (χ1v) is 8.76. The number of rotatable bonds is 8. The first kappa shape index (κ1) is 17.4. The van der Waals surface area contributed by atoms with E-state index in [1.54, 1.807) is 12.1 Å². The van der Waals surface area contributed by atoms with E-state index < -0.39 is 0 Å². The summed E-state index contributed by atoms with van der Waals surface area (Å²) in [6.45, 7) is 4.35. The van der Waals surface area contributed by atoms with E-state index in [2.05, 4.69) is 26.0 Å². The lowest BCUT2D eigenvalue weighted by atomic mass is 9.91. The van der Waals surface area contributed by atoms with Gasteiger partial charge in [0.1, 0.15) is 11.5 Å². The van der Waals surface area contributed by atoms with Gasteiger partial charge in [0.2, 0.25) is 0 Å². The summed E-state index contributed by atoms with van der Waals surface area (Å²) in [6.07, 6.45) is 7.02. The van der Waals surface area contributed by atoms with Crippen molar-refractivity contribution in [2.75, 3.05) is 0 Å². The molecule has 2 heteroatoms. The van der Waals surface area contributed by atoms with Crippen molar-refractivity contribution < 1.29 is 10.2 Å². The number of benzene rings is 2. The van der Waals surface area contributed by atoms with Gasteiger partial charge < -0.3 is 10.2 Å². The average Bonchev–Trinajstić information content (AvgIpc) is 2.55. The van der Waals surface area contributed by atoms with Crippen LogP contribution >= 0.6 is 0 Å². The molecule has 0 saturated carbocycles. The average molecular weight is 312 g/mol. The molecule has 23 heavy (non-hydrogen) atoms. The standard InChI is InChI=1S/C21H28O2/c1-3-5-9-16-11-7-13-20(22)18(16)15-19-17(10-6-4-2)12-8-14-21(19)23/h7-8,11-14,22-23H,3-6,9-10,15H2,1-2H3. The van der Waals surface area contributed by atoms with Crippen LogP contribution in [0.2, 0.25) is 0 Å². The monoisotopic (exact) mass is 312 g/mol. The van der Waals surface area contributed by atoms with Crippen LogP contribution in [-0.4, -0.2) is 10.2 Å². The third kappa shape index (κ3) is 4.51. The zero-order valence-electron chi connectivity index (χ0n) is 14.3. The van der Waals surface area contributed by atoms with Crippen molar-refractivity contribution in [2.45, 2.75) is 58.8 Å². The number of aryl methyl sites for hydroxylation is 2. The molecule has 0 heterocycles. The SMILES string of the molecule is CCCCc1cccc(O)c1Cc1c(O)cccc1CCCC. The molecule has 0 spiro atoms. The maximum atomic E-state index is 10.3. The van der Waals surface area contributed by atoms with Crippen molar-refractivity contribution in [1.29, 1.82) is 0 Å². The summed E-state index contributed by atoms with van der Waals surface area (Å²) in [6, 6.07) is 11.5. The second kappa shape index (κ2) is 8.61. The van der Waals surface area contributed by atoms with Crippen LogP contribution in [0.5, 0.6) is 11.5 Å². The number of hydrogen-bond acceptors (Lipinski definition) is 2. The highest BCUT2D eigenvalue weighted by Crippen LogP contribution is 2.31. The smallest absolute Gasteiger partial charge is 0.119 e. The molecule has 0 saturated heterocycles. The van der Waals surface area contributed by atoms with Crippen LogP contribution in [0.3, 0.4) is 0 Å². The minimum absolute atomic E-state index is 0.336. The fraction of sp³-hybridized carbons (Fsp3) is 0.429. The van der Waals surface area contributed by atoms with Gasteiger partial charge in [-0.1, -0.05) is 51.0 Å². The Balaban J connectivity index is 2.35. The van der Waals surface area contributed by atoms with Gasteiger partial charge in [-0.3, -0.25) is 0 Å². The molecular weight excluding hydrogens is 284 g/mol. The first-order valence-electron chi connectivity index (χ1n) is 8.76. The minimum atomic E-state index is 0.336. The predicted molar refractivity (Wildman–Crippen MR) is 96.2 cm³/mol. The van der Waals surface area contributed by atoms with Gasteiger partial charge in [0, 0.05) is 17.5 Å². The van der Waals surface area contributed by atoms with E-state index >= 15 is 0 Å². The van der Waals surface area contributed by atoms with Crippen molar-refractivity contribution in [2.24, 2.45) is 0 Å². The predicted octanol–water partition coefficient (Wildman–Crippen LogP) is 5.37. The maximum Gasteiger partial charge on any atom is 0.119 e. The Morgan fingerprint density at radius 1 is 0.696 bits per heavy atom. The zero-order valence-corrected chi connectivity index (χ0v) is 14.3. The fourth-order valence-corrected chi connectivity index (χ4v) is 3.03. The van der Waals surface area contributed by atoms with Crippen LogP contribution in [0, 0.1) is 0 Å². The highest BCUT2D eigenvalue weighted by molar-refractivity contribution is 5.48. The van der Waals surface area contributed by atoms with Gasteiger partial charge in [-0.25, -0.2) is 0 Å². The second-order valence-electron chi connectivity index (χ2n) is 6.21. The third-order valence-electron chi connectivity index (χ3n) is 4.45. The highest BCUT2D eigenvalue weighted by atomic mass is 16.3. The van der Waals surface area contributed by atoms with E-state index in [1.807, 2.05) is 12.1 Å². The van der Waals surface area contributed by atoms with Crippen molar-refractivity contribution in [3.63, 3.8) is 0 Å².